The highest BCUT2D eigenvalue weighted by Crippen LogP contribution is 2.19. The smallest absolute Gasteiger partial charge is 0.331 e. The molecule has 2 aromatic heterocycles. The lowest BCUT2D eigenvalue weighted by Crippen LogP contribution is -2.53. The Morgan fingerprint density at radius 3 is 2.62 bits per heavy atom. The Labute approximate surface area is 189 Å². The minimum absolute atomic E-state index is 0.0642. The number of carbonyl (C=O) groups is 3. The number of aromatic nitrogens is 1. The van der Waals surface area contributed by atoms with Crippen LogP contribution in [0.25, 0.3) is 6.08 Å². The predicted molar refractivity (Wildman–Crippen MR) is 117 cm³/mol. The first-order valence-electron chi connectivity index (χ1n) is 9.96. The Hall–Kier alpha value is -3.78. The van der Waals surface area contributed by atoms with Crippen LogP contribution in [-0.2, 0) is 22.7 Å². The molecule has 8 nitrogen and oxygen atoms in total. The van der Waals surface area contributed by atoms with Crippen molar-refractivity contribution < 1.29 is 23.5 Å². The highest BCUT2D eigenvalue weighted by Gasteiger charge is 2.36. The van der Waals surface area contributed by atoms with Crippen LogP contribution in [0.1, 0.15) is 17.9 Å². The second kappa shape index (κ2) is 9.57. The Morgan fingerprint density at radius 1 is 1.06 bits per heavy atom. The molecule has 0 bridgehead atoms. The molecule has 32 heavy (non-hydrogen) atoms. The van der Waals surface area contributed by atoms with E-state index >= 15 is 0 Å². The molecular formula is C23H20ClN3O5. The Morgan fingerprint density at radius 2 is 1.88 bits per heavy atom. The first kappa shape index (κ1) is 21.5. The number of hydrogen-bond acceptors (Lipinski definition) is 5. The molecular weight excluding hydrogens is 434 g/mol. The van der Waals surface area contributed by atoms with Crippen molar-refractivity contribution in [1.82, 2.24) is 14.8 Å². The molecule has 1 saturated heterocycles. The molecule has 9 heteroatoms. The van der Waals surface area contributed by atoms with Gasteiger partial charge in [-0.2, -0.15) is 0 Å². The molecule has 164 valence electrons. The van der Waals surface area contributed by atoms with Gasteiger partial charge in [0.25, 0.3) is 11.8 Å². The number of furan rings is 1. The number of nitrogens with one attached hydrogen (secondary N) is 1. The van der Waals surface area contributed by atoms with E-state index in [1.165, 1.54) is 12.3 Å². The van der Waals surface area contributed by atoms with E-state index in [0.29, 0.717) is 36.0 Å². The third-order valence-corrected chi connectivity index (χ3v) is 5.11. The summed E-state index contributed by atoms with van der Waals surface area (Å²) in [6.07, 6.45) is 5.49. The van der Waals surface area contributed by atoms with Crippen molar-refractivity contribution in [3.05, 3.63) is 83.0 Å². The molecule has 1 N–H and O–H groups in total. The van der Waals surface area contributed by atoms with Gasteiger partial charge in [0.15, 0.2) is 0 Å². The largest absolute Gasteiger partial charge is 0.494 e. The second-order valence-electron chi connectivity index (χ2n) is 7.07. The van der Waals surface area contributed by atoms with Gasteiger partial charge in [-0.05, 0) is 61.0 Å². The summed E-state index contributed by atoms with van der Waals surface area (Å²) in [6, 6.07) is 13.3. The molecule has 3 aromatic rings. The molecule has 1 aliphatic heterocycles. The summed E-state index contributed by atoms with van der Waals surface area (Å²) in [5, 5.41) is 2.85. The molecule has 4 amide bonds. The maximum absolute atomic E-state index is 12.8. The molecule has 1 aliphatic rings. The van der Waals surface area contributed by atoms with E-state index in [2.05, 4.69) is 5.32 Å². The fourth-order valence-corrected chi connectivity index (χ4v) is 3.39. The van der Waals surface area contributed by atoms with Crippen LogP contribution in [-0.4, -0.2) is 33.9 Å². The highest BCUT2D eigenvalue weighted by atomic mass is 35.5. The monoisotopic (exact) mass is 453 g/mol. The Balaban J connectivity index is 1.42. The first-order valence-corrected chi connectivity index (χ1v) is 10.3. The van der Waals surface area contributed by atoms with Crippen molar-refractivity contribution in [2.24, 2.45) is 0 Å². The average Bonchev–Trinajstić information content (AvgIpc) is 3.45. The number of benzene rings is 1. The van der Waals surface area contributed by atoms with Gasteiger partial charge in [-0.25, -0.2) is 4.79 Å². The highest BCUT2D eigenvalue weighted by molar-refractivity contribution is 6.31. The van der Waals surface area contributed by atoms with E-state index in [9.17, 15) is 14.4 Å². The number of amides is 4. The van der Waals surface area contributed by atoms with E-state index in [0.717, 1.165) is 10.6 Å². The first-order chi connectivity index (χ1) is 15.5. The van der Waals surface area contributed by atoms with Crippen LogP contribution in [0.5, 0.6) is 5.75 Å². The molecule has 1 aromatic carbocycles. The molecule has 0 atom stereocenters. The maximum atomic E-state index is 12.8. The van der Waals surface area contributed by atoms with Gasteiger partial charge in [-0.3, -0.25) is 19.8 Å². The van der Waals surface area contributed by atoms with Crippen LogP contribution in [0.2, 0.25) is 5.02 Å². The number of ether oxygens (including phenoxy) is 1. The molecule has 0 radical (unpaired) electrons. The topological polar surface area (TPSA) is 93.8 Å². The molecule has 3 heterocycles. The van der Waals surface area contributed by atoms with E-state index in [1.807, 2.05) is 16.8 Å². The normalized spacial score (nSPS) is 15.3. The van der Waals surface area contributed by atoms with Gasteiger partial charge in [-0.15, -0.1) is 0 Å². The summed E-state index contributed by atoms with van der Waals surface area (Å²) in [6.45, 7) is 1.04. The van der Waals surface area contributed by atoms with E-state index in [4.69, 9.17) is 20.8 Å². The van der Waals surface area contributed by atoms with Crippen molar-refractivity contribution in [3.63, 3.8) is 0 Å². The summed E-state index contributed by atoms with van der Waals surface area (Å²) >= 11 is 5.87. The summed E-state index contributed by atoms with van der Waals surface area (Å²) in [5.41, 5.74) is 0.552. The zero-order valence-corrected chi connectivity index (χ0v) is 17.7. The summed E-state index contributed by atoms with van der Waals surface area (Å²) in [4.78, 5) is 38.3. The maximum Gasteiger partial charge on any atom is 0.331 e. The number of nitrogens with zero attached hydrogens (tertiary/aromatic N) is 2. The van der Waals surface area contributed by atoms with Gasteiger partial charge >= 0.3 is 6.03 Å². The number of carbonyl (C=O) groups excluding carboxylic acids is 3. The molecule has 1 fully saturated rings. The van der Waals surface area contributed by atoms with E-state index < -0.39 is 17.8 Å². The van der Waals surface area contributed by atoms with Crippen molar-refractivity contribution in [1.29, 1.82) is 0 Å². The Bertz CT molecular complexity index is 1150. The van der Waals surface area contributed by atoms with Crippen LogP contribution in [0, 0.1) is 0 Å². The van der Waals surface area contributed by atoms with Crippen LogP contribution in [0.3, 0.4) is 0 Å². The van der Waals surface area contributed by atoms with Crippen molar-refractivity contribution in [3.8, 4) is 5.75 Å². The lowest BCUT2D eigenvalue weighted by atomic mass is 10.1. The standard InChI is InChI=1S/C23H20ClN3O5/c24-16-6-8-18(9-7-16)31-13-3-11-26-10-1-4-17(26)14-20-21(28)25-23(30)27(22(20)29)15-19-5-2-12-32-19/h1-2,4-10,12,14H,3,11,13,15H2,(H,25,28,30). The van der Waals surface area contributed by atoms with Gasteiger partial charge in [0.2, 0.25) is 0 Å². The van der Waals surface area contributed by atoms with Gasteiger partial charge in [-0.1, -0.05) is 11.6 Å². The molecule has 0 unspecified atom stereocenters. The summed E-state index contributed by atoms with van der Waals surface area (Å²) in [7, 11) is 0. The number of aryl methyl sites for hydroxylation is 1. The second-order valence-corrected chi connectivity index (χ2v) is 7.51. The molecule has 0 aliphatic carbocycles. The van der Waals surface area contributed by atoms with Crippen molar-refractivity contribution in [2.75, 3.05) is 6.61 Å². The molecule has 0 saturated carbocycles. The van der Waals surface area contributed by atoms with Gasteiger partial charge in [0.1, 0.15) is 17.1 Å². The number of barbiturate groups is 1. The number of halogens is 1. The quantitative estimate of drug-likeness (QED) is 0.317. The number of rotatable bonds is 8. The summed E-state index contributed by atoms with van der Waals surface area (Å²) < 4.78 is 12.8. The lowest BCUT2D eigenvalue weighted by molar-refractivity contribution is -0.130. The third kappa shape index (κ3) is 4.92. The van der Waals surface area contributed by atoms with Crippen molar-refractivity contribution >= 4 is 35.5 Å². The van der Waals surface area contributed by atoms with Gasteiger partial charge < -0.3 is 13.7 Å². The van der Waals surface area contributed by atoms with E-state index in [-0.39, 0.29) is 12.1 Å². The number of hydrogen-bond donors (Lipinski definition) is 1. The van der Waals surface area contributed by atoms with Crippen molar-refractivity contribution in [2.45, 2.75) is 19.5 Å². The fourth-order valence-electron chi connectivity index (χ4n) is 3.26. The molecule has 4 rings (SSSR count). The zero-order chi connectivity index (χ0) is 22.5. The van der Waals surface area contributed by atoms with Gasteiger partial charge in [0.05, 0.1) is 19.4 Å². The van der Waals surface area contributed by atoms with Crippen LogP contribution >= 0.6 is 11.6 Å². The fraction of sp³-hybridized carbons (Fsp3) is 0.174. The van der Waals surface area contributed by atoms with Gasteiger partial charge in [0, 0.05) is 23.5 Å². The van der Waals surface area contributed by atoms with Crippen LogP contribution in [0.4, 0.5) is 4.79 Å². The third-order valence-electron chi connectivity index (χ3n) is 4.86. The van der Waals surface area contributed by atoms with Crippen LogP contribution < -0.4 is 10.1 Å². The Kier molecular flexibility index (Phi) is 6.42. The number of imide groups is 2. The lowest BCUT2D eigenvalue weighted by Gasteiger charge is -2.25. The predicted octanol–water partition coefficient (Wildman–Crippen LogP) is 3.87. The molecule has 0 spiro atoms. The van der Waals surface area contributed by atoms with E-state index in [1.54, 1.807) is 42.5 Å². The average molecular weight is 454 g/mol. The minimum Gasteiger partial charge on any atom is -0.494 e. The van der Waals surface area contributed by atoms with Crippen LogP contribution in [0.15, 0.2) is 71.0 Å². The minimum atomic E-state index is -0.775. The zero-order valence-electron chi connectivity index (χ0n) is 17.0. The SMILES string of the molecule is O=C1NC(=O)N(Cc2ccco2)C(=O)C1=Cc1cccn1CCCOc1ccc(Cl)cc1. The number of urea groups is 1. The summed E-state index contributed by atoms with van der Waals surface area (Å²) in [5.74, 6) is -0.232.